The zero-order valence-electron chi connectivity index (χ0n) is 11.5. The zero-order valence-corrected chi connectivity index (χ0v) is 11.5. The van der Waals surface area contributed by atoms with Crippen molar-refractivity contribution in [1.29, 1.82) is 0 Å². The van der Waals surface area contributed by atoms with Crippen LogP contribution in [0.4, 0.5) is 5.69 Å². The summed E-state index contributed by atoms with van der Waals surface area (Å²) in [5, 5.41) is 0. The normalized spacial score (nSPS) is 18.9. The van der Waals surface area contributed by atoms with Gasteiger partial charge < -0.3 is 20.2 Å². The van der Waals surface area contributed by atoms with Gasteiger partial charge in [-0.3, -0.25) is 0 Å². The van der Waals surface area contributed by atoms with Gasteiger partial charge in [-0.25, -0.2) is 0 Å². The molecule has 2 aromatic rings. The van der Waals surface area contributed by atoms with Gasteiger partial charge in [-0.2, -0.15) is 0 Å². The number of benzene rings is 1. The van der Waals surface area contributed by atoms with E-state index >= 15 is 0 Å². The average Bonchev–Trinajstić information content (AvgIpc) is 2.93. The Morgan fingerprint density at radius 3 is 3.00 bits per heavy atom. The predicted octanol–water partition coefficient (Wildman–Crippen LogP) is 3.21. The van der Waals surface area contributed by atoms with Gasteiger partial charge in [0, 0.05) is 18.4 Å². The van der Waals surface area contributed by atoms with Gasteiger partial charge in [0.25, 0.3) is 0 Å². The van der Waals surface area contributed by atoms with Crippen molar-refractivity contribution in [2.45, 2.75) is 25.4 Å². The van der Waals surface area contributed by atoms with E-state index in [0.29, 0.717) is 6.61 Å². The molecule has 20 heavy (non-hydrogen) atoms. The number of rotatable bonds is 4. The van der Waals surface area contributed by atoms with Crippen LogP contribution in [-0.4, -0.2) is 24.3 Å². The van der Waals surface area contributed by atoms with Crippen molar-refractivity contribution >= 4 is 5.69 Å². The average molecular weight is 272 g/mol. The fourth-order valence-electron chi connectivity index (χ4n) is 2.50. The first-order chi connectivity index (χ1) is 9.83. The van der Waals surface area contributed by atoms with Crippen molar-refractivity contribution in [2.24, 2.45) is 0 Å². The summed E-state index contributed by atoms with van der Waals surface area (Å²) in [7, 11) is 0. The SMILES string of the molecule is Nc1cc[nH]c1-c1cccc(OCC2CCCCO2)c1. The summed E-state index contributed by atoms with van der Waals surface area (Å²) in [4.78, 5) is 3.15. The second-order valence-electron chi connectivity index (χ2n) is 5.14. The Balaban J connectivity index is 1.67. The molecule has 1 aromatic carbocycles. The molecule has 1 aromatic heterocycles. The second-order valence-corrected chi connectivity index (χ2v) is 5.14. The van der Waals surface area contributed by atoms with Crippen LogP contribution in [0.5, 0.6) is 5.75 Å². The van der Waals surface area contributed by atoms with Crippen LogP contribution < -0.4 is 10.5 Å². The number of nitrogen functional groups attached to an aromatic ring is 1. The Labute approximate surface area is 118 Å². The number of aromatic nitrogens is 1. The number of nitrogens with two attached hydrogens (primary N) is 1. The topological polar surface area (TPSA) is 60.3 Å². The van der Waals surface area contributed by atoms with E-state index < -0.39 is 0 Å². The van der Waals surface area contributed by atoms with Crippen molar-refractivity contribution in [2.75, 3.05) is 18.9 Å². The first-order valence-corrected chi connectivity index (χ1v) is 7.10. The maximum absolute atomic E-state index is 5.92. The van der Waals surface area contributed by atoms with E-state index in [1.165, 1.54) is 6.42 Å². The van der Waals surface area contributed by atoms with Crippen LogP contribution in [0.25, 0.3) is 11.3 Å². The van der Waals surface area contributed by atoms with Crippen molar-refractivity contribution in [3.8, 4) is 17.0 Å². The lowest BCUT2D eigenvalue weighted by atomic mass is 10.1. The molecule has 0 aliphatic carbocycles. The summed E-state index contributed by atoms with van der Waals surface area (Å²) in [6, 6.07) is 9.83. The smallest absolute Gasteiger partial charge is 0.120 e. The molecule has 4 nitrogen and oxygen atoms in total. The van der Waals surface area contributed by atoms with E-state index in [2.05, 4.69) is 4.98 Å². The molecule has 3 rings (SSSR count). The maximum atomic E-state index is 5.92. The fraction of sp³-hybridized carbons (Fsp3) is 0.375. The molecule has 3 N–H and O–H groups in total. The summed E-state index contributed by atoms with van der Waals surface area (Å²) in [5.74, 6) is 0.852. The molecule has 1 aliphatic rings. The monoisotopic (exact) mass is 272 g/mol. The van der Waals surface area contributed by atoms with E-state index in [9.17, 15) is 0 Å². The minimum atomic E-state index is 0.225. The minimum Gasteiger partial charge on any atom is -0.491 e. The van der Waals surface area contributed by atoms with Crippen LogP contribution in [0.1, 0.15) is 19.3 Å². The van der Waals surface area contributed by atoms with Crippen LogP contribution in [0.3, 0.4) is 0 Å². The third kappa shape index (κ3) is 2.96. The van der Waals surface area contributed by atoms with Crippen LogP contribution in [0.2, 0.25) is 0 Å². The van der Waals surface area contributed by atoms with Gasteiger partial charge in [-0.05, 0) is 37.5 Å². The minimum absolute atomic E-state index is 0.225. The molecule has 1 unspecified atom stereocenters. The van der Waals surface area contributed by atoms with E-state index in [1.807, 2.05) is 36.5 Å². The number of nitrogens with one attached hydrogen (secondary N) is 1. The molecule has 0 spiro atoms. The first-order valence-electron chi connectivity index (χ1n) is 7.10. The van der Waals surface area contributed by atoms with Crippen molar-refractivity contribution in [3.05, 3.63) is 36.5 Å². The van der Waals surface area contributed by atoms with Crippen molar-refractivity contribution in [1.82, 2.24) is 4.98 Å². The van der Waals surface area contributed by atoms with Gasteiger partial charge in [0.05, 0.1) is 17.5 Å². The Hall–Kier alpha value is -1.94. The van der Waals surface area contributed by atoms with Crippen LogP contribution >= 0.6 is 0 Å². The van der Waals surface area contributed by atoms with Gasteiger partial charge in [0.1, 0.15) is 12.4 Å². The van der Waals surface area contributed by atoms with E-state index in [-0.39, 0.29) is 6.10 Å². The van der Waals surface area contributed by atoms with E-state index in [1.54, 1.807) is 0 Å². The molecular weight excluding hydrogens is 252 g/mol. The molecule has 4 heteroatoms. The number of H-pyrrole nitrogens is 1. The lowest BCUT2D eigenvalue weighted by molar-refractivity contribution is -0.0110. The zero-order chi connectivity index (χ0) is 13.8. The molecular formula is C16H20N2O2. The van der Waals surface area contributed by atoms with Gasteiger partial charge >= 0.3 is 0 Å². The molecule has 106 valence electrons. The summed E-state index contributed by atoms with van der Waals surface area (Å²) >= 11 is 0. The van der Waals surface area contributed by atoms with E-state index in [0.717, 1.165) is 42.1 Å². The maximum Gasteiger partial charge on any atom is 0.120 e. The van der Waals surface area contributed by atoms with Gasteiger partial charge in [0.2, 0.25) is 0 Å². The highest BCUT2D eigenvalue weighted by Gasteiger charge is 2.14. The molecule has 2 heterocycles. The molecule has 0 radical (unpaired) electrons. The Bertz CT molecular complexity index is 559. The molecule has 1 saturated heterocycles. The third-order valence-electron chi connectivity index (χ3n) is 3.61. The Kier molecular flexibility index (Phi) is 3.92. The number of hydrogen-bond acceptors (Lipinski definition) is 3. The van der Waals surface area contributed by atoms with E-state index in [4.69, 9.17) is 15.2 Å². The lowest BCUT2D eigenvalue weighted by Crippen LogP contribution is -2.25. The number of aromatic amines is 1. The number of anilines is 1. The molecule has 0 bridgehead atoms. The summed E-state index contributed by atoms with van der Waals surface area (Å²) < 4.78 is 11.5. The summed E-state index contributed by atoms with van der Waals surface area (Å²) in [6.07, 6.45) is 5.55. The van der Waals surface area contributed by atoms with Crippen LogP contribution in [-0.2, 0) is 4.74 Å². The second kappa shape index (κ2) is 6.01. The first kappa shape index (κ1) is 13.1. The summed E-state index contributed by atoms with van der Waals surface area (Å²) in [5.41, 5.74) is 8.64. The highest BCUT2D eigenvalue weighted by molar-refractivity contribution is 5.73. The van der Waals surface area contributed by atoms with Crippen molar-refractivity contribution < 1.29 is 9.47 Å². The Morgan fingerprint density at radius 2 is 2.25 bits per heavy atom. The molecule has 0 amide bonds. The van der Waals surface area contributed by atoms with Gasteiger partial charge in [0.15, 0.2) is 0 Å². The fourth-order valence-corrected chi connectivity index (χ4v) is 2.50. The number of ether oxygens (including phenoxy) is 2. The Morgan fingerprint density at radius 1 is 1.30 bits per heavy atom. The van der Waals surface area contributed by atoms with Gasteiger partial charge in [-0.1, -0.05) is 12.1 Å². The lowest BCUT2D eigenvalue weighted by Gasteiger charge is -2.22. The van der Waals surface area contributed by atoms with Gasteiger partial charge in [-0.15, -0.1) is 0 Å². The summed E-state index contributed by atoms with van der Waals surface area (Å²) in [6.45, 7) is 1.47. The highest BCUT2D eigenvalue weighted by atomic mass is 16.5. The third-order valence-corrected chi connectivity index (χ3v) is 3.61. The van der Waals surface area contributed by atoms with Crippen LogP contribution in [0, 0.1) is 0 Å². The highest BCUT2D eigenvalue weighted by Crippen LogP contribution is 2.27. The predicted molar refractivity (Wildman–Crippen MR) is 79.7 cm³/mol. The standard InChI is InChI=1S/C16H20N2O2/c17-15-7-8-18-16(15)12-4-3-6-13(10-12)20-11-14-5-1-2-9-19-14/h3-4,6-8,10,14,18H,1-2,5,9,11,17H2. The molecule has 1 atom stereocenters. The van der Waals surface area contributed by atoms with Crippen molar-refractivity contribution in [3.63, 3.8) is 0 Å². The quantitative estimate of drug-likeness (QED) is 0.898. The number of hydrogen-bond donors (Lipinski definition) is 2. The molecule has 1 aliphatic heterocycles. The molecule has 1 fully saturated rings. The molecule has 0 saturated carbocycles. The van der Waals surface area contributed by atoms with Crippen LogP contribution in [0.15, 0.2) is 36.5 Å². The largest absolute Gasteiger partial charge is 0.491 e.